The Labute approximate surface area is 63.4 Å². The molecule has 0 unspecified atom stereocenters. The summed E-state index contributed by atoms with van der Waals surface area (Å²) in [6.45, 7) is 0. The Morgan fingerprint density at radius 3 is 1.60 bits per heavy atom. The van der Waals surface area contributed by atoms with E-state index in [-0.39, 0.29) is 6.10 Å². The van der Waals surface area contributed by atoms with Gasteiger partial charge in [-0.25, -0.2) is 5.11 Å². The molecule has 1 nitrogen and oxygen atoms in total. The SMILES string of the molecule is [O]C1CCCCCCCC1. The summed E-state index contributed by atoms with van der Waals surface area (Å²) in [6, 6.07) is 0. The van der Waals surface area contributed by atoms with Crippen LogP contribution in [0.4, 0.5) is 0 Å². The van der Waals surface area contributed by atoms with E-state index in [2.05, 4.69) is 0 Å². The fourth-order valence-corrected chi connectivity index (χ4v) is 1.60. The minimum atomic E-state index is -0.238. The molecule has 1 aliphatic rings. The Balaban J connectivity index is 2.15. The molecule has 0 heterocycles. The smallest absolute Gasteiger partial charge is 0.0930 e. The highest BCUT2D eigenvalue weighted by molar-refractivity contribution is 4.59. The highest BCUT2D eigenvalue weighted by Gasteiger charge is 2.07. The van der Waals surface area contributed by atoms with Crippen molar-refractivity contribution in [3.63, 3.8) is 0 Å². The van der Waals surface area contributed by atoms with Crippen molar-refractivity contribution in [1.82, 2.24) is 0 Å². The quantitative estimate of drug-likeness (QED) is 0.494. The molecule has 59 valence electrons. The Bertz CT molecular complexity index is 70.8. The van der Waals surface area contributed by atoms with Crippen LogP contribution in [0.15, 0.2) is 0 Å². The van der Waals surface area contributed by atoms with E-state index in [1.807, 2.05) is 0 Å². The summed E-state index contributed by atoms with van der Waals surface area (Å²) in [5.41, 5.74) is 0. The zero-order valence-corrected chi connectivity index (χ0v) is 6.64. The van der Waals surface area contributed by atoms with Gasteiger partial charge >= 0.3 is 0 Å². The molecule has 0 saturated heterocycles. The van der Waals surface area contributed by atoms with Gasteiger partial charge in [-0.15, -0.1) is 0 Å². The zero-order chi connectivity index (χ0) is 7.23. The molecule has 10 heavy (non-hydrogen) atoms. The van der Waals surface area contributed by atoms with Gasteiger partial charge in [0, 0.05) is 0 Å². The average Bonchev–Trinajstić information content (AvgIpc) is 2.02. The van der Waals surface area contributed by atoms with Crippen LogP contribution in [0.5, 0.6) is 0 Å². The van der Waals surface area contributed by atoms with Gasteiger partial charge in [0.1, 0.15) is 0 Å². The molecule has 0 N–H and O–H groups in total. The molecule has 1 heteroatoms. The number of hydrogen-bond donors (Lipinski definition) is 0. The lowest BCUT2D eigenvalue weighted by Gasteiger charge is -2.03. The van der Waals surface area contributed by atoms with Gasteiger partial charge in [0.2, 0.25) is 0 Å². The highest BCUT2D eigenvalue weighted by Crippen LogP contribution is 2.16. The van der Waals surface area contributed by atoms with Crippen LogP contribution in [-0.2, 0) is 5.11 Å². The van der Waals surface area contributed by atoms with Crippen LogP contribution < -0.4 is 0 Å². The predicted molar refractivity (Wildman–Crippen MR) is 41.4 cm³/mol. The van der Waals surface area contributed by atoms with Crippen molar-refractivity contribution in [2.24, 2.45) is 0 Å². The maximum absolute atomic E-state index is 11.1. The molecular formula is C9H17O. The van der Waals surface area contributed by atoms with Gasteiger partial charge in [-0.3, -0.25) is 0 Å². The Kier molecular flexibility index (Phi) is 3.81. The minimum Gasteiger partial charge on any atom is -0.233 e. The van der Waals surface area contributed by atoms with Crippen LogP contribution in [-0.4, -0.2) is 6.10 Å². The molecule has 1 fully saturated rings. The van der Waals surface area contributed by atoms with E-state index in [1.54, 1.807) is 0 Å². The Hall–Kier alpha value is -0.0400. The van der Waals surface area contributed by atoms with Gasteiger partial charge in [-0.2, -0.15) is 0 Å². The largest absolute Gasteiger partial charge is 0.233 e. The van der Waals surface area contributed by atoms with Crippen molar-refractivity contribution in [3.8, 4) is 0 Å². The molecule has 0 spiro atoms. The number of rotatable bonds is 0. The van der Waals surface area contributed by atoms with E-state index in [9.17, 15) is 5.11 Å². The van der Waals surface area contributed by atoms with E-state index in [1.165, 1.54) is 38.5 Å². The molecule has 0 aromatic heterocycles. The first kappa shape index (κ1) is 8.06. The first-order valence-corrected chi connectivity index (χ1v) is 4.55. The van der Waals surface area contributed by atoms with Crippen molar-refractivity contribution in [2.75, 3.05) is 0 Å². The fraction of sp³-hybridized carbons (Fsp3) is 1.00. The maximum Gasteiger partial charge on any atom is 0.0930 e. The summed E-state index contributed by atoms with van der Waals surface area (Å²) < 4.78 is 0. The highest BCUT2D eigenvalue weighted by atomic mass is 16.3. The van der Waals surface area contributed by atoms with Crippen LogP contribution in [0.1, 0.15) is 51.4 Å². The van der Waals surface area contributed by atoms with Crippen molar-refractivity contribution >= 4 is 0 Å². The molecule has 1 rings (SSSR count). The summed E-state index contributed by atoms with van der Waals surface area (Å²) in [5.74, 6) is 0. The first-order chi connectivity index (χ1) is 4.89. The molecule has 0 amide bonds. The second-order valence-electron chi connectivity index (χ2n) is 3.32. The molecule has 0 aliphatic heterocycles. The monoisotopic (exact) mass is 141 g/mol. The maximum atomic E-state index is 11.1. The van der Waals surface area contributed by atoms with E-state index >= 15 is 0 Å². The van der Waals surface area contributed by atoms with Gasteiger partial charge in [-0.05, 0) is 12.8 Å². The Morgan fingerprint density at radius 2 is 1.10 bits per heavy atom. The summed E-state index contributed by atoms with van der Waals surface area (Å²) in [5, 5.41) is 11.1. The van der Waals surface area contributed by atoms with Gasteiger partial charge in [0.05, 0.1) is 6.10 Å². The van der Waals surface area contributed by atoms with E-state index in [0.717, 1.165) is 12.8 Å². The van der Waals surface area contributed by atoms with Crippen molar-refractivity contribution in [1.29, 1.82) is 0 Å². The second kappa shape index (κ2) is 4.73. The third-order valence-electron chi connectivity index (χ3n) is 2.30. The molecule has 1 aliphatic carbocycles. The first-order valence-electron chi connectivity index (χ1n) is 4.55. The topological polar surface area (TPSA) is 19.9 Å². The summed E-state index contributed by atoms with van der Waals surface area (Å²) in [6.07, 6.45) is 9.26. The summed E-state index contributed by atoms with van der Waals surface area (Å²) >= 11 is 0. The lowest BCUT2D eigenvalue weighted by atomic mass is 10.1. The molecule has 0 aromatic carbocycles. The minimum absolute atomic E-state index is 0.238. The van der Waals surface area contributed by atoms with Gasteiger partial charge in [0.25, 0.3) is 0 Å². The van der Waals surface area contributed by atoms with Gasteiger partial charge < -0.3 is 0 Å². The lowest BCUT2D eigenvalue weighted by Crippen LogP contribution is -2.02. The summed E-state index contributed by atoms with van der Waals surface area (Å²) in [7, 11) is 0. The lowest BCUT2D eigenvalue weighted by molar-refractivity contribution is 0.0707. The van der Waals surface area contributed by atoms with E-state index in [4.69, 9.17) is 0 Å². The molecule has 0 aromatic rings. The number of hydrogen-bond acceptors (Lipinski definition) is 0. The van der Waals surface area contributed by atoms with E-state index < -0.39 is 0 Å². The van der Waals surface area contributed by atoms with Crippen molar-refractivity contribution < 1.29 is 5.11 Å². The third-order valence-corrected chi connectivity index (χ3v) is 2.30. The molecular weight excluding hydrogens is 124 g/mol. The van der Waals surface area contributed by atoms with Gasteiger partial charge in [-0.1, -0.05) is 38.5 Å². The molecule has 0 atom stereocenters. The summed E-state index contributed by atoms with van der Waals surface area (Å²) in [4.78, 5) is 0. The molecule has 1 radical (unpaired) electrons. The van der Waals surface area contributed by atoms with E-state index in [0.29, 0.717) is 0 Å². The van der Waals surface area contributed by atoms with Crippen LogP contribution in [0, 0.1) is 0 Å². The second-order valence-corrected chi connectivity index (χ2v) is 3.32. The van der Waals surface area contributed by atoms with Crippen LogP contribution in [0.3, 0.4) is 0 Å². The van der Waals surface area contributed by atoms with Gasteiger partial charge in [0.15, 0.2) is 0 Å². The van der Waals surface area contributed by atoms with Crippen molar-refractivity contribution in [2.45, 2.75) is 57.5 Å². The normalized spacial score (nSPS) is 24.9. The zero-order valence-electron chi connectivity index (χ0n) is 6.64. The van der Waals surface area contributed by atoms with Crippen LogP contribution >= 0.6 is 0 Å². The van der Waals surface area contributed by atoms with Crippen LogP contribution in [0.25, 0.3) is 0 Å². The average molecular weight is 141 g/mol. The Morgan fingerprint density at radius 1 is 0.700 bits per heavy atom. The predicted octanol–water partition coefficient (Wildman–Crippen LogP) is 2.92. The standard InChI is InChI=1S/C9H17O/c10-9-7-5-3-1-2-4-6-8-9/h9H,1-8H2. The van der Waals surface area contributed by atoms with Crippen LogP contribution in [0.2, 0.25) is 0 Å². The fourth-order valence-electron chi connectivity index (χ4n) is 1.60. The third kappa shape index (κ3) is 3.21. The van der Waals surface area contributed by atoms with Crippen molar-refractivity contribution in [3.05, 3.63) is 0 Å². The molecule has 1 saturated carbocycles. The molecule has 0 bridgehead atoms.